The highest BCUT2D eigenvalue weighted by Gasteiger charge is 2.39. The Bertz CT molecular complexity index is 688. The predicted molar refractivity (Wildman–Crippen MR) is 71.7 cm³/mol. The van der Waals surface area contributed by atoms with Gasteiger partial charge in [-0.15, -0.1) is 0 Å². The molecule has 4 heteroatoms. The van der Waals surface area contributed by atoms with Crippen LogP contribution in [-0.2, 0) is 10.3 Å². The van der Waals surface area contributed by atoms with E-state index in [4.69, 9.17) is 0 Å². The fraction of sp³-hybridized carbons (Fsp3) is 0.467. The zero-order chi connectivity index (χ0) is 12.9. The van der Waals surface area contributed by atoms with Gasteiger partial charge < -0.3 is 4.57 Å². The van der Waals surface area contributed by atoms with E-state index >= 15 is 0 Å². The monoisotopic (exact) mass is 253 g/mol. The quantitative estimate of drug-likeness (QED) is 0.623. The number of aliphatic imine (C=N–C) groups is 1. The third-order valence-corrected chi connectivity index (χ3v) is 4.49. The van der Waals surface area contributed by atoms with Crippen LogP contribution in [-0.4, -0.2) is 15.6 Å². The van der Waals surface area contributed by atoms with E-state index in [0.717, 1.165) is 30.3 Å². The Morgan fingerprint density at radius 2 is 2.21 bits per heavy atom. The van der Waals surface area contributed by atoms with Crippen LogP contribution < -0.4 is 0 Å². The number of rotatable bonds is 3. The van der Waals surface area contributed by atoms with Gasteiger partial charge in [0.15, 0.2) is 0 Å². The van der Waals surface area contributed by atoms with Crippen LogP contribution in [0.1, 0.15) is 43.7 Å². The summed E-state index contributed by atoms with van der Waals surface area (Å²) in [7, 11) is 0. The molecule has 4 rings (SSSR count). The molecule has 0 unspecified atom stereocenters. The van der Waals surface area contributed by atoms with Crippen molar-refractivity contribution in [3.05, 3.63) is 30.1 Å². The molecule has 2 aliphatic rings. The average Bonchev–Trinajstić information content (AvgIpc) is 3.13. The molecule has 2 saturated carbocycles. The first-order chi connectivity index (χ1) is 9.32. The molecule has 2 aromatic rings. The number of nitrogens with zero attached hydrogens (tertiary/aromatic N) is 3. The number of aromatic nitrogens is 2. The third kappa shape index (κ3) is 1.57. The zero-order valence-corrected chi connectivity index (χ0v) is 10.7. The van der Waals surface area contributed by atoms with Gasteiger partial charge in [-0.3, -0.25) is 0 Å². The van der Waals surface area contributed by atoms with Gasteiger partial charge in [-0.1, -0.05) is 6.07 Å². The molecule has 1 aromatic carbocycles. The number of hydrogen-bond donors (Lipinski definition) is 0. The van der Waals surface area contributed by atoms with E-state index in [9.17, 15) is 4.79 Å². The minimum atomic E-state index is -0.320. The van der Waals surface area contributed by atoms with E-state index < -0.39 is 0 Å². The largest absolute Gasteiger partial charge is 0.327 e. The van der Waals surface area contributed by atoms with Crippen molar-refractivity contribution in [2.45, 2.75) is 43.7 Å². The van der Waals surface area contributed by atoms with Crippen LogP contribution in [0.15, 0.2) is 29.5 Å². The fourth-order valence-corrected chi connectivity index (χ4v) is 3.03. The lowest BCUT2D eigenvalue weighted by molar-refractivity contribution is 0.256. The summed E-state index contributed by atoms with van der Waals surface area (Å²) in [5.41, 5.74) is 2.99. The van der Waals surface area contributed by atoms with Crippen molar-refractivity contribution in [1.82, 2.24) is 9.55 Å². The fourth-order valence-electron chi connectivity index (χ4n) is 3.03. The Morgan fingerprint density at radius 3 is 2.84 bits per heavy atom. The number of fused-ring (bicyclic) bond motifs is 1. The van der Waals surface area contributed by atoms with Crippen LogP contribution in [0.5, 0.6) is 0 Å². The standard InChI is InChI=1S/C15H15N3O/c19-10-17-15(6-1-7-15)11-2-5-14-13(8-11)16-9-18(14)12-3-4-12/h2,5,8-9,12H,1,3-4,6-7H2. The Labute approximate surface area is 111 Å². The second kappa shape index (κ2) is 3.78. The maximum absolute atomic E-state index is 10.6. The molecule has 2 aliphatic carbocycles. The number of imidazole rings is 1. The summed E-state index contributed by atoms with van der Waals surface area (Å²) in [4.78, 5) is 19.2. The molecule has 0 radical (unpaired) electrons. The average molecular weight is 253 g/mol. The minimum absolute atomic E-state index is 0.320. The SMILES string of the molecule is O=C=NC1(c2ccc3c(c2)ncn3C2CC2)CCC1. The predicted octanol–water partition coefficient (Wildman–Crippen LogP) is 3.09. The lowest BCUT2D eigenvalue weighted by Crippen LogP contribution is -2.31. The Balaban J connectivity index is 1.81. The summed E-state index contributed by atoms with van der Waals surface area (Å²) >= 11 is 0. The van der Waals surface area contributed by atoms with Gasteiger partial charge in [0.2, 0.25) is 6.08 Å². The smallest absolute Gasteiger partial charge is 0.235 e. The molecule has 0 atom stereocenters. The van der Waals surface area contributed by atoms with Crippen molar-refractivity contribution in [2.75, 3.05) is 0 Å². The number of hydrogen-bond acceptors (Lipinski definition) is 3. The highest BCUT2D eigenvalue weighted by molar-refractivity contribution is 5.77. The zero-order valence-electron chi connectivity index (χ0n) is 10.7. The van der Waals surface area contributed by atoms with Crippen molar-refractivity contribution >= 4 is 17.1 Å². The molecule has 0 bridgehead atoms. The molecule has 2 fully saturated rings. The summed E-state index contributed by atoms with van der Waals surface area (Å²) in [6, 6.07) is 6.95. The van der Waals surface area contributed by atoms with E-state index in [1.54, 1.807) is 6.08 Å². The second-order valence-electron chi connectivity index (χ2n) is 5.67. The number of benzene rings is 1. The van der Waals surface area contributed by atoms with E-state index in [1.807, 2.05) is 6.33 Å². The molecule has 1 heterocycles. The summed E-state index contributed by atoms with van der Waals surface area (Å²) in [6.07, 6.45) is 9.19. The number of isocyanates is 1. The second-order valence-corrected chi connectivity index (χ2v) is 5.67. The first-order valence-corrected chi connectivity index (χ1v) is 6.88. The van der Waals surface area contributed by atoms with Gasteiger partial charge in [0, 0.05) is 6.04 Å². The molecular weight excluding hydrogens is 238 g/mol. The molecule has 0 amide bonds. The van der Waals surface area contributed by atoms with Crippen LogP contribution in [0.25, 0.3) is 11.0 Å². The topological polar surface area (TPSA) is 47.2 Å². The summed E-state index contributed by atoms with van der Waals surface area (Å²) in [6.45, 7) is 0. The van der Waals surface area contributed by atoms with Crippen molar-refractivity contribution in [3.8, 4) is 0 Å². The van der Waals surface area contributed by atoms with Crippen LogP contribution >= 0.6 is 0 Å². The van der Waals surface area contributed by atoms with Crippen molar-refractivity contribution in [3.63, 3.8) is 0 Å². The molecule has 96 valence electrons. The third-order valence-electron chi connectivity index (χ3n) is 4.49. The molecule has 0 spiro atoms. The van der Waals surface area contributed by atoms with E-state index in [1.165, 1.54) is 18.4 Å². The van der Waals surface area contributed by atoms with Gasteiger partial charge in [0.05, 0.1) is 22.9 Å². The molecule has 1 aromatic heterocycles. The van der Waals surface area contributed by atoms with E-state index in [0.29, 0.717) is 6.04 Å². The number of carbonyl (C=O) groups excluding carboxylic acids is 1. The Hall–Kier alpha value is -1.93. The summed E-state index contributed by atoms with van der Waals surface area (Å²) < 4.78 is 2.26. The van der Waals surface area contributed by atoms with Crippen LogP contribution in [0.2, 0.25) is 0 Å². The van der Waals surface area contributed by atoms with Gasteiger partial charge in [0.1, 0.15) is 0 Å². The minimum Gasteiger partial charge on any atom is -0.327 e. The summed E-state index contributed by atoms with van der Waals surface area (Å²) in [5.74, 6) is 0. The summed E-state index contributed by atoms with van der Waals surface area (Å²) in [5, 5.41) is 0. The highest BCUT2D eigenvalue weighted by atomic mass is 16.1. The molecule has 0 saturated heterocycles. The molecule has 0 N–H and O–H groups in total. The van der Waals surface area contributed by atoms with Crippen molar-refractivity contribution < 1.29 is 4.79 Å². The maximum Gasteiger partial charge on any atom is 0.235 e. The maximum atomic E-state index is 10.6. The van der Waals surface area contributed by atoms with Crippen LogP contribution in [0.3, 0.4) is 0 Å². The van der Waals surface area contributed by atoms with Crippen LogP contribution in [0, 0.1) is 0 Å². The first-order valence-electron chi connectivity index (χ1n) is 6.88. The first kappa shape index (κ1) is 10.9. The molecule has 0 aliphatic heterocycles. The highest BCUT2D eigenvalue weighted by Crippen LogP contribution is 2.45. The van der Waals surface area contributed by atoms with E-state index in [-0.39, 0.29) is 5.54 Å². The van der Waals surface area contributed by atoms with Gasteiger partial charge in [0.25, 0.3) is 0 Å². The van der Waals surface area contributed by atoms with Gasteiger partial charge in [-0.2, -0.15) is 4.99 Å². The van der Waals surface area contributed by atoms with Crippen molar-refractivity contribution in [1.29, 1.82) is 0 Å². The van der Waals surface area contributed by atoms with Gasteiger partial charge >= 0.3 is 0 Å². The normalized spacial score (nSPS) is 20.8. The molecular formula is C15H15N3O. The molecule has 19 heavy (non-hydrogen) atoms. The van der Waals surface area contributed by atoms with Gasteiger partial charge in [-0.25, -0.2) is 9.78 Å². The van der Waals surface area contributed by atoms with E-state index in [2.05, 4.69) is 32.7 Å². The lowest BCUT2D eigenvalue weighted by Gasteiger charge is -2.37. The Morgan fingerprint density at radius 1 is 1.37 bits per heavy atom. The Kier molecular flexibility index (Phi) is 2.18. The lowest BCUT2D eigenvalue weighted by atomic mass is 9.72. The van der Waals surface area contributed by atoms with Crippen LogP contribution in [0.4, 0.5) is 0 Å². The van der Waals surface area contributed by atoms with Crippen molar-refractivity contribution in [2.24, 2.45) is 4.99 Å². The van der Waals surface area contributed by atoms with Gasteiger partial charge in [-0.05, 0) is 49.8 Å². The molecule has 4 nitrogen and oxygen atoms in total.